The standard InChI is InChI=1S/C8H16N4/c1-8(9)4-2-3-5-12-7-10-6-11-12/h6-8H,2-5,9H2,1H3/t8-/m0/s1. The lowest BCUT2D eigenvalue weighted by atomic mass is 10.1. The highest BCUT2D eigenvalue weighted by Crippen LogP contribution is 1.99. The molecule has 1 aromatic rings. The Kier molecular flexibility index (Phi) is 3.73. The van der Waals surface area contributed by atoms with Crippen molar-refractivity contribution >= 4 is 0 Å². The normalized spacial score (nSPS) is 13.2. The fraction of sp³-hybridized carbons (Fsp3) is 0.750. The summed E-state index contributed by atoms with van der Waals surface area (Å²) in [6, 6.07) is 0.320. The Morgan fingerprint density at radius 1 is 1.50 bits per heavy atom. The van der Waals surface area contributed by atoms with Crippen molar-refractivity contribution in [1.29, 1.82) is 0 Å². The predicted octanol–water partition coefficient (Wildman–Crippen LogP) is 0.796. The van der Waals surface area contributed by atoms with Crippen LogP contribution in [0.2, 0.25) is 0 Å². The lowest BCUT2D eigenvalue weighted by Crippen LogP contribution is -2.14. The van der Waals surface area contributed by atoms with Crippen molar-refractivity contribution in [3.8, 4) is 0 Å². The summed E-state index contributed by atoms with van der Waals surface area (Å²) in [5.41, 5.74) is 5.62. The first kappa shape index (κ1) is 9.19. The van der Waals surface area contributed by atoms with Gasteiger partial charge in [0.2, 0.25) is 0 Å². The second-order valence-electron chi connectivity index (χ2n) is 3.13. The van der Waals surface area contributed by atoms with Crippen LogP contribution in [0.25, 0.3) is 0 Å². The van der Waals surface area contributed by atoms with Gasteiger partial charge < -0.3 is 5.73 Å². The summed E-state index contributed by atoms with van der Waals surface area (Å²) < 4.78 is 1.85. The van der Waals surface area contributed by atoms with Gasteiger partial charge in [0.05, 0.1) is 0 Å². The molecule has 2 N–H and O–H groups in total. The number of aryl methyl sites for hydroxylation is 1. The summed E-state index contributed by atoms with van der Waals surface area (Å²) in [5, 5.41) is 4.01. The van der Waals surface area contributed by atoms with Crippen molar-refractivity contribution in [3.05, 3.63) is 12.7 Å². The van der Waals surface area contributed by atoms with Gasteiger partial charge in [0, 0.05) is 12.6 Å². The Morgan fingerprint density at radius 2 is 2.33 bits per heavy atom. The highest BCUT2D eigenvalue weighted by Gasteiger charge is 1.95. The molecule has 0 bridgehead atoms. The van der Waals surface area contributed by atoms with E-state index in [2.05, 4.69) is 10.1 Å². The van der Waals surface area contributed by atoms with Gasteiger partial charge in [-0.3, -0.25) is 4.68 Å². The predicted molar refractivity (Wildman–Crippen MR) is 47.5 cm³/mol. The van der Waals surface area contributed by atoms with Gasteiger partial charge >= 0.3 is 0 Å². The molecular formula is C8H16N4. The Morgan fingerprint density at radius 3 is 2.92 bits per heavy atom. The second kappa shape index (κ2) is 4.87. The molecule has 0 unspecified atom stereocenters. The summed E-state index contributed by atoms with van der Waals surface area (Å²) in [5.74, 6) is 0. The van der Waals surface area contributed by atoms with Crippen LogP contribution in [0, 0.1) is 0 Å². The Hall–Kier alpha value is -0.900. The number of nitrogens with two attached hydrogens (primary N) is 1. The van der Waals surface area contributed by atoms with Gasteiger partial charge in [0.15, 0.2) is 0 Å². The maximum absolute atomic E-state index is 5.62. The summed E-state index contributed by atoms with van der Waals surface area (Å²) in [6.07, 6.45) is 6.69. The molecule has 1 heterocycles. The van der Waals surface area contributed by atoms with E-state index in [1.807, 2.05) is 11.6 Å². The molecule has 0 aliphatic rings. The molecule has 0 spiro atoms. The number of nitrogens with zero attached hydrogens (tertiary/aromatic N) is 3. The van der Waals surface area contributed by atoms with Crippen molar-refractivity contribution < 1.29 is 0 Å². The van der Waals surface area contributed by atoms with E-state index in [1.165, 1.54) is 0 Å². The van der Waals surface area contributed by atoms with Gasteiger partial charge in [-0.05, 0) is 19.8 Å². The van der Waals surface area contributed by atoms with Gasteiger partial charge in [-0.1, -0.05) is 6.42 Å². The molecular weight excluding hydrogens is 152 g/mol. The maximum atomic E-state index is 5.62. The quantitative estimate of drug-likeness (QED) is 0.661. The third-order valence-electron chi connectivity index (χ3n) is 1.76. The van der Waals surface area contributed by atoms with Gasteiger partial charge in [-0.25, -0.2) is 4.98 Å². The van der Waals surface area contributed by atoms with Crippen LogP contribution in [0.4, 0.5) is 0 Å². The van der Waals surface area contributed by atoms with E-state index < -0.39 is 0 Å². The molecule has 4 nitrogen and oxygen atoms in total. The first-order valence-corrected chi connectivity index (χ1v) is 4.37. The fourth-order valence-electron chi connectivity index (χ4n) is 1.09. The van der Waals surface area contributed by atoms with E-state index in [1.54, 1.807) is 12.7 Å². The van der Waals surface area contributed by atoms with Crippen molar-refractivity contribution in [2.24, 2.45) is 5.73 Å². The summed E-state index contributed by atoms with van der Waals surface area (Å²) in [4.78, 5) is 3.86. The maximum Gasteiger partial charge on any atom is 0.137 e. The summed E-state index contributed by atoms with van der Waals surface area (Å²) >= 11 is 0. The van der Waals surface area contributed by atoms with Crippen LogP contribution in [0.5, 0.6) is 0 Å². The van der Waals surface area contributed by atoms with Crippen LogP contribution >= 0.6 is 0 Å². The van der Waals surface area contributed by atoms with Crippen molar-refractivity contribution in [1.82, 2.24) is 14.8 Å². The second-order valence-corrected chi connectivity index (χ2v) is 3.13. The van der Waals surface area contributed by atoms with E-state index in [0.29, 0.717) is 6.04 Å². The van der Waals surface area contributed by atoms with Crippen LogP contribution in [-0.2, 0) is 6.54 Å². The van der Waals surface area contributed by atoms with Gasteiger partial charge in [-0.2, -0.15) is 5.10 Å². The average molecular weight is 168 g/mol. The lowest BCUT2D eigenvalue weighted by molar-refractivity contribution is 0.520. The molecule has 0 fully saturated rings. The zero-order valence-electron chi connectivity index (χ0n) is 7.48. The summed E-state index contributed by atoms with van der Waals surface area (Å²) in [7, 11) is 0. The Labute approximate surface area is 72.8 Å². The van der Waals surface area contributed by atoms with Gasteiger partial charge in [0.25, 0.3) is 0 Å². The topological polar surface area (TPSA) is 56.7 Å². The van der Waals surface area contributed by atoms with E-state index in [-0.39, 0.29) is 0 Å². The highest BCUT2D eigenvalue weighted by molar-refractivity contribution is 4.57. The monoisotopic (exact) mass is 168 g/mol. The number of hydrogen-bond acceptors (Lipinski definition) is 3. The van der Waals surface area contributed by atoms with Crippen LogP contribution in [0.15, 0.2) is 12.7 Å². The molecule has 0 aliphatic carbocycles. The van der Waals surface area contributed by atoms with E-state index >= 15 is 0 Å². The molecule has 0 saturated heterocycles. The largest absolute Gasteiger partial charge is 0.328 e. The summed E-state index contributed by atoms with van der Waals surface area (Å²) in [6.45, 7) is 2.99. The van der Waals surface area contributed by atoms with Crippen molar-refractivity contribution in [2.45, 2.75) is 38.8 Å². The van der Waals surface area contributed by atoms with Crippen LogP contribution in [0.3, 0.4) is 0 Å². The number of hydrogen-bond donors (Lipinski definition) is 1. The number of rotatable bonds is 5. The number of aromatic nitrogens is 3. The first-order chi connectivity index (χ1) is 5.79. The minimum atomic E-state index is 0.320. The number of unbranched alkanes of at least 4 members (excludes halogenated alkanes) is 1. The van der Waals surface area contributed by atoms with E-state index in [0.717, 1.165) is 25.8 Å². The fourth-order valence-corrected chi connectivity index (χ4v) is 1.09. The molecule has 0 aliphatic heterocycles. The van der Waals surface area contributed by atoms with E-state index in [4.69, 9.17) is 5.73 Å². The zero-order valence-corrected chi connectivity index (χ0v) is 7.48. The molecule has 1 aromatic heterocycles. The molecule has 0 aromatic carbocycles. The minimum Gasteiger partial charge on any atom is -0.328 e. The molecule has 0 saturated carbocycles. The molecule has 0 amide bonds. The molecule has 1 rings (SSSR count). The van der Waals surface area contributed by atoms with Crippen molar-refractivity contribution in [2.75, 3.05) is 0 Å². The van der Waals surface area contributed by atoms with E-state index in [9.17, 15) is 0 Å². The minimum absolute atomic E-state index is 0.320. The highest BCUT2D eigenvalue weighted by atomic mass is 15.3. The first-order valence-electron chi connectivity index (χ1n) is 4.37. The molecule has 4 heteroatoms. The average Bonchev–Trinajstić information content (AvgIpc) is 2.49. The van der Waals surface area contributed by atoms with Gasteiger partial charge in [-0.15, -0.1) is 0 Å². The molecule has 0 radical (unpaired) electrons. The Balaban J connectivity index is 2.04. The third-order valence-corrected chi connectivity index (χ3v) is 1.76. The van der Waals surface area contributed by atoms with Crippen LogP contribution < -0.4 is 5.73 Å². The third kappa shape index (κ3) is 3.48. The molecule has 68 valence electrons. The Bertz CT molecular complexity index is 193. The van der Waals surface area contributed by atoms with Crippen LogP contribution in [0.1, 0.15) is 26.2 Å². The zero-order chi connectivity index (χ0) is 8.81. The lowest BCUT2D eigenvalue weighted by Gasteiger charge is -2.03. The smallest absolute Gasteiger partial charge is 0.137 e. The van der Waals surface area contributed by atoms with Gasteiger partial charge in [0.1, 0.15) is 12.7 Å². The molecule has 1 atom stereocenters. The van der Waals surface area contributed by atoms with Crippen LogP contribution in [-0.4, -0.2) is 20.8 Å². The molecule has 12 heavy (non-hydrogen) atoms. The SMILES string of the molecule is C[C@H](N)CCCCn1cncn1. The van der Waals surface area contributed by atoms with Crippen molar-refractivity contribution in [3.63, 3.8) is 0 Å².